The van der Waals surface area contributed by atoms with Gasteiger partial charge in [-0.05, 0) is 37.1 Å². The highest BCUT2D eigenvalue weighted by atomic mass is 32.1. The maximum atomic E-state index is 12.0. The standard InChI is InChI=1S/C15H24N2OS/c1-2-13(14-7-6-12-19-14)16-9-8-15(18)17-10-4-3-5-11-17/h6-7,12-13,16H,2-5,8-11H2,1H3. The van der Waals surface area contributed by atoms with Crippen LogP contribution in [0, 0.1) is 0 Å². The fraction of sp³-hybridized carbons (Fsp3) is 0.667. The molecule has 1 saturated heterocycles. The van der Waals surface area contributed by atoms with Crippen molar-refractivity contribution in [1.82, 2.24) is 10.2 Å². The quantitative estimate of drug-likeness (QED) is 0.868. The van der Waals surface area contributed by atoms with E-state index < -0.39 is 0 Å². The van der Waals surface area contributed by atoms with Crippen LogP contribution in [0.25, 0.3) is 0 Å². The van der Waals surface area contributed by atoms with Gasteiger partial charge in [0.2, 0.25) is 5.91 Å². The van der Waals surface area contributed by atoms with Crippen LogP contribution in [0.2, 0.25) is 0 Å². The Labute approximate surface area is 120 Å². The zero-order chi connectivity index (χ0) is 13.5. The average molecular weight is 280 g/mol. The van der Waals surface area contributed by atoms with Gasteiger partial charge >= 0.3 is 0 Å². The summed E-state index contributed by atoms with van der Waals surface area (Å²) < 4.78 is 0. The molecule has 1 aliphatic heterocycles. The molecule has 1 aromatic heterocycles. The zero-order valence-electron chi connectivity index (χ0n) is 11.7. The molecule has 2 rings (SSSR count). The van der Waals surface area contributed by atoms with Crippen LogP contribution >= 0.6 is 11.3 Å². The van der Waals surface area contributed by atoms with E-state index in [1.807, 2.05) is 4.90 Å². The Kier molecular flexibility index (Phi) is 5.86. The highest BCUT2D eigenvalue weighted by molar-refractivity contribution is 7.10. The summed E-state index contributed by atoms with van der Waals surface area (Å²) in [6.07, 6.45) is 5.32. The van der Waals surface area contributed by atoms with Crippen molar-refractivity contribution in [3.8, 4) is 0 Å². The molecule has 0 aromatic carbocycles. The molecule has 0 spiro atoms. The predicted molar refractivity (Wildman–Crippen MR) is 80.4 cm³/mol. The SMILES string of the molecule is CCC(NCCC(=O)N1CCCCC1)c1cccs1. The number of carbonyl (C=O) groups excluding carboxylic acids is 1. The summed E-state index contributed by atoms with van der Waals surface area (Å²) in [4.78, 5) is 15.4. The van der Waals surface area contributed by atoms with Gasteiger partial charge < -0.3 is 10.2 Å². The summed E-state index contributed by atoms with van der Waals surface area (Å²) in [5.41, 5.74) is 0. The molecule has 1 N–H and O–H groups in total. The summed E-state index contributed by atoms with van der Waals surface area (Å²) in [5.74, 6) is 0.313. The second kappa shape index (κ2) is 7.65. The summed E-state index contributed by atoms with van der Waals surface area (Å²) >= 11 is 1.78. The molecule has 106 valence electrons. The van der Waals surface area contributed by atoms with Crippen LogP contribution in [0.1, 0.15) is 49.9 Å². The van der Waals surface area contributed by atoms with E-state index in [4.69, 9.17) is 0 Å². The average Bonchev–Trinajstić information content (AvgIpc) is 2.98. The number of rotatable bonds is 6. The van der Waals surface area contributed by atoms with E-state index in [0.717, 1.165) is 26.1 Å². The lowest BCUT2D eigenvalue weighted by atomic mass is 10.1. The Bertz CT molecular complexity index is 372. The van der Waals surface area contributed by atoms with E-state index in [9.17, 15) is 4.79 Å². The second-order valence-electron chi connectivity index (χ2n) is 5.12. The van der Waals surface area contributed by atoms with E-state index in [2.05, 4.69) is 29.8 Å². The minimum atomic E-state index is 0.313. The predicted octanol–water partition coefficient (Wildman–Crippen LogP) is 3.19. The van der Waals surface area contributed by atoms with Gasteiger partial charge in [0.05, 0.1) is 0 Å². The summed E-state index contributed by atoms with van der Waals surface area (Å²) in [6, 6.07) is 4.65. The number of piperidine rings is 1. The Morgan fingerprint density at radius 1 is 1.42 bits per heavy atom. The lowest BCUT2D eigenvalue weighted by Gasteiger charge is -2.27. The van der Waals surface area contributed by atoms with Gasteiger partial charge in [0.1, 0.15) is 0 Å². The molecule has 0 bridgehead atoms. The van der Waals surface area contributed by atoms with Crippen LogP contribution in [-0.4, -0.2) is 30.4 Å². The highest BCUT2D eigenvalue weighted by Crippen LogP contribution is 2.21. The number of amides is 1. The van der Waals surface area contributed by atoms with Crippen molar-refractivity contribution in [3.63, 3.8) is 0 Å². The van der Waals surface area contributed by atoms with Crippen LogP contribution in [0.5, 0.6) is 0 Å². The van der Waals surface area contributed by atoms with Crippen LogP contribution in [0.3, 0.4) is 0 Å². The van der Waals surface area contributed by atoms with Crippen molar-refractivity contribution in [3.05, 3.63) is 22.4 Å². The number of hydrogen-bond acceptors (Lipinski definition) is 3. The van der Waals surface area contributed by atoms with Gasteiger partial charge in [-0.3, -0.25) is 4.79 Å². The van der Waals surface area contributed by atoms with Crippen molar-refractivity contribution < 1.29 is 4.79 Å². The van der Waals surface area contributed by atoms with E-state index >= 15 is 0 Å². The lowest BCUT2D eigenvalue weighted by molar-refractivity contribution is -0.132. The van der Waals surface area contributed by atoms with Crippen molar-refractivity contribution in [1.29, 1.82) is 0 Å². The molecular weight excluding hydrogens is 256 g/mol. The summed E-state index contributed by atoms with van der Waals surface area (Å²) in [7, 11) is 0. The fourth-order valence-corrected chi connectivity index (χ4v) is 3.48. The van der Waals surface area contributed by atoms with E-state index in [1.165, 1.54) is 24.1 Å². The van der Waals surface area contributed by atoms with E-state index in [-0.39, 0.29) is 0 Å². The molecule has 0 saturated carbocycles. The maximum Gasteiger partial charge on any atom is 0.223 e. The maximum absolute atomic E-state index is 12.0. The van der Waals surface area contributed by atoms with Gasteiger partial charge in [-0.1, -0.05) is 13.0 Å². The number of thiophene rings is 1. The van der Waals surface area contributed by atoms with Crippen molar-refractivity contribution in [2.75, 3.05) is 19.6 Å². The molecule has 1 fully saturated rings. The molecule has 1 aromatic rings. The molecule has 3 nitrogen and oxygen atoms in total. The normalized spacial score (nSPS) is 17.4. The number of nitrogens with zero attached hydrogens (tertiary/aromatic N) is 1. The first kappa shape index (κ1) is 14.5. The molecule has 1 atom stereocenters. The van der Waals surface area contributed by atoms with Gasteiger partial charge in [-0.25, -0.2) is 0 Å². The third-order valence-electron chi connectivity index (χ3n) is 3.73. The van der Waals surface area contributed by atoms with E-state index in [1.54, 1.807) is 11.3 Å². The molecule has 2 heterocycles. The molecule has 1 aliphatic rings. The number of likely N-dealkylation sites (tertiary alicyclic amines) is 1. The molecule has 1 amide bonds. The van der Waals surface area contributed by atoms with Gasteiger partial charge in [-0.2, -0.15) is 0 Å². The Hall–Kier alpha value is -0.870. The minimum absolute atomic E-state index is 0.313. The third kappa shape index (κ3) is 4.32. The monoisotopic (exact) mass is 280 g/mol. The molecular formula is C15H24N2OS. The molecule has 1 unspecified atom stereocenters. The molecule has 0 radical (unpaired) electrons. The first-order valence-electron chi connectivity index (χ1n) is 7.36. The first-order chi connectivity index (χ1) is 9.31. The zero-order valence-corrected chi connectivity index (χ0v) is 12.5. The molecule has 4 heteroatoms. The highest BCUT2D eigenvalue weighted by Gasteiger charge is 2.16. The Morgan fingerprint density at radius 3 is 2.84 bits per heavy atom. The first-order valence-corrected chi connectivity index (χ1v) is 8.23. The number of hydrogen-bond donors (Lipinski definition) is 1. The fourth-order valence-electron chi connectivity index (χ4n) is 2.59. The van der Waals surface area contributed by atoms with Crippen LogP contribution < -0.4 is 5.32 Å². The topological polar surface area (TPSA) is 32.3 Å². The van der Waals surface area contributed by atoms with E-state index in [0.29, 0.717) is 18.4 Å². The van der Waals surface area contributed by atoms with Gasteiger partial charge in [0.15, 0.2) is 0 Å². The van der Waals surface area contributed by atoms with Gasteiger partial charge in [0.25, 0.3) is 0 Å². The number of carbonyl (C=O) groups is 1. The van der Waals surface area contributed by atoms with Gasteiger partial charge in [-0.15, -0.1) is 11.3 Å². The number of nitrogens with one attached hydrogen (secondary N) is 1. The molecule has 0 aliphatic carbocycles. The van der Waals surface area contributed by atoms with Crippen molar-refractivity contribution in [2.45, 2.75) is 45.1 Å². The van der Waals surface area contributed by atoms with Crippen LogP contribution in [0.15, 0.2) is 17.5 Å². The minimum Gasteiger partial charge on any atom is -0.343 e. The lowest BCUT2D eigenvalue weighted by Crippen LogP contribution is -2.37. The summed E-state index contributed by atoms with van der Waals surface area (Å²) in [6.45, 7) is 4.89. The van der Waals surface area contributed by atoms with Crippen molar-refractivity contribution >= 4 is 17.2 Å². The van der Waals surface area contributed by atoms with Crippen molar-refractivity contribution in [2.24, 2.45) is 0 Å². The Balaban J connectivity index is 1.71. The third-order valence-corrected chi connectivity index (χ3v) is 4.72. The van der Waals surface area contributed by atoms with Crippen LogP contribution in [0.4, 0.5) is 0 Å². The Morgan fingerprint density at radius 2 is 2.21 bits per heavy atom. The van der Waals surface area contributed by atoms with Gasteiger partial charge in [0, 0.05) is 37.0 Å². The van der Waals surface area contributed by atoms with Crippen LogP contribution in [-0.2, 0) is 4.79 Å². The largest absolute Gasteiger partial charge is 0.343 e. The smallest absolute Gasteiger partial charge is 0.223 e. The summed E-state index contributed by atoms with van der Waals surface area (Å²) in [5, 5.41) is 5.61. The molecule has 19 heavy (non-hydrogen) atoms. The second-order valence-corrected chi connectivity index (χ2v) is 6.10.